The Morgan fingerprint density at radius 3 is 2.79 bits per heavy atom. The fourth-order valence-electron chi connectivity index (χ4n) is 2.61. The van der Waals surface area contributed by atoms with Crippen molar-refractivity contribution in [2.75, 3.05) is 13.2 Å². The van der Waals surface area contributed by atoms with E-state index in [0.29, 0.717) is 18.5 Å². The SMILES string of the molecule is O=C1c2ccc(F)cc2C(=O)N1CC[C@@H]1CCCO1. The van der Waals surface area contributed by atoms with E-state index in [-0.39, 0.29) is 17.6 Å². The minimum absolute atomic E-state index is 0.126. The first-order chi connectivity index (χ1) is 9.16. The Kier molecular flexibility index (Phi) is 3.06. The Morgan fingerprint density at radius 1 is 1.26 bits per heavy atom. The number of hydrogen-bond acceptors (Lipinski definition) is 3. The molecule has 1 aromatic carbocycles. The second kappa shape index (κ2) is 4.74. The average molecular weight is 263 g/mol. The van der Waals surface area contributed by atoms with Crippen molar-refractivity contribution in [1.82, 2.24) is 4.90 Å². The zero-order valence-electron chi connectivity index (χ0n) is 10.4. The summed E-state index contributed by atoms with van der Waals surface area (Å²) in [6.45, 7) is 1.08. The van der Waals surface area contributed by atoms with Gasteiger partial charge in [0.1, 0.15) is 5.82 Å². The number of fused-ring (bicyclic) bond motifs is 1. The highest BCUT2D eigenvalue weighted by atomic mass is 19.1. The van der Waals surface area contributed by atoms with E-state index in [1.807, 2.05) is 0 Å². The summed E-state index contributed by atoms with van der Waals surface area (Å²) in [5, 5.41) is 0. The first kappa shape index (κ1) is 12.3. The predicted octanol–water partition coefficient (Wildman–Crippen LogP) is 1.99. The van der Waals surface area contributed by atoms with Crippen LogP contribution in [0.15, 0.2) is 18.2 Å². The molecule has 100 valence electrons. The molecule has 5 heteroatoms. The summed E-state index contributed by atoms with van der Waals surface area (Å²) in [5.41, 5.74) is 0.455. The number of rotatable bonds is 3. The minimum Gasteiger partial charge on any atom is -0.378 e. The maximum Gasteiger partial charge on any atom is 0.261 e. The smallest absolute Gasteiger partial charge is 0.261 e. The average Bonchev–Trinajstić information content (AvgIpc) is 2.98. The first-order valence-corrected chi connectivity index (χ1v) is 6.44. The molecule has 0 N–H and O–H groups in total. The van der Waals surface area contributed by atoms with Gasteiger partial charge in [0, 0.05) is 13.2 Å². The highest BCUT2D eigenvalue weighted by Crippen LogP contribution is 2.25. The van der Waals surface area contributed by atoms with Crippen molar-refractivity contribution in [3.8, 4) is 0 Å². The summed E-state index contributed by atoms with van der Waals surface area (Å²) < 4.78 is 18.6. The van der Waals surface area contributed by atoms with Crippen LogP contribution in [-0.2, 0) is 4.74 Å². The number of hydrogen-bond donors (Lipinski definition) is 0. The lowest BCUT2D eigenvalue weighted by Crippen LogP contribution is -2.32. The van der Waals surface area contributed by atoms with Crippen LogP contribution in [0.4, 0.5) is 4.39 Å². The van der Waals surface area contributed by atoms with E-state index in [1.54, 1.807) is 0 Å². The minimum atomic E-state index is -0.499. The topological polar surface area (TPSA) is 46.6 Å². The van der Waals surface area contributed by atoms with E-state index in [4.69, 9.17) is 4.74 Å². The third kappa shape index (κ3) is 2.14. The Balaban J connectivity index is 1.74. The number of halogens is 1. The van der Waals surface area contributed by atoms with Gasteiger partial charge in [0.15, 0.2) is 0 Å². The molecule has 0 unspecified atom stereocenters. The van der Waals surface area contributed by atoms with E-state index in [0.717, 1.165) is 25.5 Å². The summed E-state index contributed by atoms with van der Waals surface area (Å²) in [7, 11) is 0. The van der Waals surface area contributed by atoms with Crippen LogP contribution in [0.3, 0.4) is 0 Å². The lowest BCUT2D eigenvalue weighted by Gasteiger charge is -2.16. The molecular weight excluding hydrogens is 249 g/mol. The summed E-state index contributed by atoms with van der Waals surface area (Å²) in [4.78, 5) is 25.3. The summed E-state index contributed by atoms with van der Waals surface area (Å²) in [6.07, 6.45) is 2.77. The van der Waals surface area contributed by atoms with Gasteiger partial charge in [-0.1, -0.05) is 0 Å². The highest BCUT2D eigenvalue weighted by Gasteiger charge is 2.35. The molecular formula is C14H14FNO3. The molecule has 2 heterocycles. The molecule has 1 aromatic rings. The maximum absolute atomic E-state index is 13.1. The van der Waals surface area contributed by atoms with Gasteiger partial charge in [-0.15, -0.1) is 0 Å². The molecule has 0 saturated carbocycles. The number of ether oxygens (including phenoxy) is 1. The van der Waals surface area contributed by atoms with Gasteiger partial charge in [-0.05, 0) is 37.5 Å². The van der Waals surface area contributed by atoms with Crippen LogP contribution in [-0.4, -0.2) is 36.0 Å². The molecule has 0 spiro atoms. The van der Waals surface area contributed by atoms with Crippen LogP contribution >= 0.6 is 0 Å². The molecule has 1 saturated heterocycles. The zero-order chi connectivity index (χ0) is 13.4. The summed E-state index contributed by atoms with van der Waals surface area (Å²) in [5.74, 6) is -1.24. The fourth-order valence-corrected chi connectivity index (χ4v) is 2.61. The molecule has 19 heavy (non-hydrogen) atoms. The fraction of sp³-hybridized carbons (Fsp3) is 0.429. The van der Waals surface area contributed by atoms with E-state index in [2.05, 4.69) is 0 Å². The van der Waals surface area contributed by atoms with Gasteiger partial charge in [-0.3, -0.25) is 14.5 Å². The quantitative estimate of drug-likeness (QED) is 0.783. The van der Waals surface area contributed by atoms with Crippen LogP contribution in [0.1, 0.15) is 40.0 Å². The van der Waals surface area contributed by atoms with Gasteiger partial charge in [0.05, 0.1) is 17.2 Å². The Morgan fingerprint density at radius 2 is 2.05 bits per heavy atom. The molecule has 0 bridgehead atoms. The largest absolute Gasteiger partial charge is 0.378 e. The number of nitrogens with zero attached hydrogens (tertiary/aromatic N) is 1. The Labute approximate surface area is 110 Å². The van der Waals surface area contributed by atoms with Crippen molar-refractivity contribution in [3.05, 3.63) is 35.1 Å². The molecule has 0 aliphatic carbocycles. The van der Waals surface area contributed by atoms with E-state index < -0.39 is 11.7 Å². The predicted molar refractivity (Wildman–Crippen MR) is 65.4 cm³/mol. The van der Waals surface area contributed by atoms with Crippen molar-refractivity contribution in [1.29, 1.82) is 0 Å². The summed E-state index contributed by atoms with van der Waals surface area (Å²) in [6, 6.07) is 3.70. The second-order valence-corrected chi connectivity index (χ2v) is 4.88. The lowest BCUT2D eigenvalue weighted by molar-refractivity contribution is 0.0592. The molecule has 2 aliphatic rings. The summed E-state index contributed by atoms with van der Waals surface area (Å²) >= 11 is 0. The molecule has 1 atom stereocenters. The number of amides is 2. The third-order valence-electron chi connectivity index (χ3n) is 3.63. The van der Waals surface area contributed by atoms with Crippen LogP contribution in [0.2, 0.25) is 0 Å². The van der Waals surface area contributed by atoms with E-state index >= 15 is 0 Å². The number of carbonyl (C=O) groups is 2. The van der Waals surface area contributed by atoms with Crippen molar-refractivity contribution in [2.24, 2.45) is 0 Å². The van der Waals surface area contributed by atoms with Crippen LogP contribution < -0.4 is 0 Å². The van der Waals surface area contributed by atoms with Crippen LogP contribution in [0.5, 0.6) is 0 Å². The van der Waals surface area contributed by atoms with Crippen molar-refractivity contribution in [3.63, 3.8) is 0 Å². The van der Waals surface area contributed by atoms with Gasteiger partial charge in [0.25, 0.3) is 11.8 Å². The lowest BCUT2D eigenvalue weighted by atomic mass is 10.1. The Hall–Kier alpha value is -1.75. The van der Waals surface area contributed by atoms with Crippen LogP contribution in [0.25, 0.3) is 0 Å². The monoisotopic (exact) mass is 263 g/mol. The zero-order valence-corrected chi connectivity index (χ0v) is 10.4. The van der Waals surface area contributed by atoms with Gasteiger partial charge in [-0.25, -0.2) is 4.39 Å². The maximum atomic E-state index is 13.1. The van der Waals surface area contributed by atoms with Crippen molar-refractivity contribution < 1.29 is 18.7 Å². The van der Waals surface area contributed by atoms with Crippen molar-refractivity contribution >= 4 is 11.8 Å². The van der Waals surface area contributed by atoms with Gasteiger partial charge < -0.3 is 4.74 Å². The van der Waals surface area contributed by atoms with Gasteiger partial charge in [-0.2, -0.15) is 0 Å². The van der Waals surface area contributed by atoms with Crippen molar-refractivity contribution in [2.45, 2.75) is 25.4 Å². The number of carbonyl (C=O) groups excluding carboxylic acids is 2. The Bertz CT molecular complexity index is 537. The molecule has 3 rings (SSSR count). The molecule has 1 fully saturated rings. The van der Waals surface area contributed by atoms with E-state index in [1.165, 1.54) is 17.0 Å². The molecule has 0 aromatic heterocycles. The number of benzene rings is 1. The number of imide groups is 1. The standard InChI is InChI=1S/C14H14FNO3/c15-9-3-4-11-12(8-9)14(18)16(13(11)17)6-5-10-2-1-7-19-10/h3-4,8,10H,1-2,5-7H2/t10-/m0/s1. The molecule has 2 aliphatic heterocycles. The first-order valence-electron chi connectivity index (χ1n) is 6.44. The highest BCUT2D eigenvalue weighted by molar-refractivity contribution is 6.21. The van der Waals surface area contributed by atoms with E-state index in [9.17, 15) is 14.0 Å². The molecule has 0 radical (unpaired) electrons. The molecule has 2 amide bonds. The van der Waals surface area contributed by atoms with Crippen LogP contribution in [0, 0.1) is 5.82 Å². The second-order valence-electron chi connectivity index (χ2n) is 4.88. The van der Waals surface area contributed by atoms with Gasteiger partial charge >= 0.3 is 0 Å². The molecule has 4 nitrogen and oxygen atoms in total. The van der Waals surface area contributed by atoms with Gasteiger partial charge in [0.2, 0.25) is 0 Å². The normalized spacial score (nSPS) is 22.2. The third-order valence-corrected chi connectivity index (χ3v) is 3.63.